The van der Waals surface area contributed by atoms with E-state index in [4.69, 9.17) is 9.47 Å². The molecule has 5 heteroatoms. The van der Waals surface area contributed by atoms with Gasteiger partial charge in [-0.1, -0.05) is 30.3 Å². The van der Waals surface area contributed by atoms with Gasteiger partial charge in [0.1, 0.15) is 11.5 Å². The predicted molar refractivity (Wildman–Crippen MR) is 101 cm³/mol. The molecule has 0 amide bonds. The Labute approximate surface area is 153 Å². The topological polar surface area (TPSA) is 50.4 Å². The van der Waals surface area contributed by atoms with Gasteiger partial charge in [0, 0.05) is 48.9 Å². The van der Waals surface area contributed by atoms with Gasteiger partial charge in [-0.15, -0.1) is 0 Å². The summed E-state index contributed by atoms with van der Waals surface area (Å²) in [5.74, 6) is 1.65. The number of aromatic nitrogens is 2. The molecular weight excluding hydrogens is 326 g/mol. The zero-order valence-corrected chi connectivity index (χ0v) is 15.2. The second kappa shape index (κ2) is 7.22. The Morgan fingerprint density at radius 2 is 1.77 bits per heavy atom. The van der Waals surface area contributed by atoms with Crippen LogP contribution in [0.1, 0.15) is 16.8 Å². The molecule has 1 aromatic heterocycles. The van der Waals surface area contributed by atoms with Crippen molar-refractivity contribution in [2.24, 2.45) is 0 Å². The molecule has 0 unspecified atom stereocenters. The molecule has 0 saturated heterocycles. The molecule has 0 saturated carbocycles. The molecular formula is C21H23N3O2. The predicted octanol–water partition coefficient (Wildman–Crippen LogP) is 3.65. The SMILES string of the molecule is COc1cc(CN2CCc3[nH]nc(-c4ccccc4)c3C2)cc(OC)c1. The van der Waals surface area contributed by atoms with E-state index in [-0.39, 0.29) is 0 Å². The lowest BCUT2D eigenvalue weighted by Gasteiger charge is -2.27. The van der Waals surface area contributed by atoms with Crippen molar-refractivity contribution < 1.29 is 9.47 Å². The molecule has 4 rings (SSSR count). The summed E-state index contributed by atoms with van der Waals surface area (Å²) >= 11 is 0. The van der Waals surface area contributed by atoms with Crippen molar-refractivity contribution in [1.29, 1.82) is 0 Å². The number of aromatic amines is 1. The van der Waals surface area contributed by atoms with Crippen molar-refractivity contribution in [1.82, 2.24) is 15.1 Å². The van der Waals surface area contributed by atoms with Crippen molar-refractivity contribution in [2.45, 2.75) is 19.5 Å². The van der Waals surface area contributed by atoms with E-state index in [0.29, 0.717) is 0 Å². The first-order valence-corrected chi connectivity index (χ1v) is 8.82. The van der Waals surface area contributed by atoms with Crippen molar-refractivity contribution in [3.05, 3.63) is 65.4 Å². The fourth-order valence-electron chi connectivity index (χ4n) is 3.54. The normalized spacial score (nSPS) is 14.1. The first-order valence-electron chi connectivity index (χ1n) is 8.82. The second-order valence-corrected chi connectivity index (χ2v) is 6.58. The summed E-state index contributed by atoms with van der Waals surface area (Å²) in [6, 6.07) is 16.4. The lowest BCUT2D eigenvalue weighted by molar-refractivity contribution is 0.244. The lowest BCUT2D eigenvalue weighted by Crippen LogP contribution is -2.30. The Morgan fingerprint density at radius 1 is 1.04 bits per heavy atom. The molecule has 1 N–H and O–H groups in total. The fraction of sp³-hybridized carbons (Fsp3) is 0.286. The number of fused-ring (bicyclic) bond motifs is 1. The molecule has 0 radical (unpaired) electrons. The van der Waals surface area contributed by atoms with Gasteiger partial charge in [-0.2, -0.15) is 5.10 Å². The first kappa shape index (κ1) is 16.7. The van der Waals surface area contributed by atoms with E-state index in [1.54, 1.807) is 14.2 Å². The highest BCUT2D eigenvalue weighted by molar-refractivity contribution is 5.64. The van der Waals surface area contributed by atoms with E-state index in [2.05, 4.69) is 51.5 Å². The van der Waals surface area contributed by atoms with Crippen LogP contribution in [0.4, 0.5) is 0 Å². The molecule has 0 fully saturated rings. The van der Waals surface area contributed by atoms with E-state index >= 15 is 0 Å². The Hall–Kier alpha value is -2.79. The van der Waals surface area contributed by atoms with Gasteiger partial charge < -0.3 is 9.47 Å². The van der Waals surface area contributed by atoms with Crippen LogP contribution in [0.25, 0.3) is 11.3 Å². The summed E-state index contributed by atoms with van der Waals surface area (Å²) in [5, 5.41) is 7.80. The van der Waals surface area contributed by atoms with Gasteiger partial charge in [-0.3, -0.25) is 10.00 Å². The Balaban J connectivity index is 1.57. The highest BCUT2D eigenvalue weighted by atomic mass is 16.5. The van der Waals surface area contributed by atoms with Crippen molar-refractivity contribution in [2.75, 3.05) is 20.8 Å². The van der Waals surface area contributed by atoms with Crippen LogP contribution in [0.2, 0.25) is 0 Å². The maximum absolute atomic E-state index is 5.39. The Kier molecular flexibility index (Phi) is 4.63. The quantitative estimate of drug-likeness (QED) is 0.764. The van der Waals surface area contributed by atoms with Gasteiger partial charge in [-0.05, 0) is 17.7 Å². The molecule has 3 aromatic rings. The van der Waals surface area contributed by atoms with Gasteiger partial charge in [-0.25, -0.2) is 0 Å². The number of nitrogens with one attached hydrogen (secondary N) is 1. The molecule has 0 bridgehead atoms. The molecule has 26 heavy (non-hydrogen) atoms. The van der Waals surface area contributed by atoms with Crippen LogP contribution >= 0.6 is 0 Å². The monoisotopic (exact) mass is 349 g/mol. The molecule has 0 spiro atoms. The third kappa shape index (κ3) is 3.30. The van der Waals surface area contributed by atoms with Gasteiger partial charge in [0.05, 0.1) is 19.9 Å². The van der Waals surface area contributed by atoms with Gasteiger partial charge in [0.2, 0.25) is 0 Å². The van der Waals surface area contributed by atoms with Crippen molar-refractivity contribution in [3.8, 4) is 22.8 Å². The fourth-order valence-corrected chi connectivity index (χ4v) is 3.54. The van der Waals surface area contributed by atoms with E-state index < -0.39 is 0 Å². The maximum Gasteiger partial charge on any atom is 0.122 e. The van der Waals surface area contributed by atoms with Crippen LogP contribution in [0.15, 0.2) is 48.5 Å². The van der Waals surface area contributed by atoms with Crippen LogP contribution in [-0.2, 0) is 19.5 Å². The largest absolute Gasteiger partial charge is 0.497 e. The van der Waals surface area contributed by atoms with Crippen LogP contribution in [0.5, 0.6) is 11.5 Å². The molecule has 5 nitrogen and oxygen atoms in total. The zero-order chi connectivity index (χ0) is 17.9. The number of nitrogens with zero attached hydrogens (tertiary/aromatic N) is 2. The zero-order valence-electron chi connectivity index (χ0n) is 15.2. The standard InChI is InChI=1S/C21H23N3O2/c1-25-17-10-15(11-18(12-17)26-2)13-24-9-8-20-19(14-24)21(23-22-20)16-6-4-3-5-7-16/h3-7,10-12H,8-9,13-14H2,1-2H3,(H,22,23). The molecule has 2 aromatic carbocycles. The molecule has 0 aliphatic carbocycles. The number of ether oxygens (including phenoxy) is 2. The number of hydrogen-bond donors (Lipinski definition) is 1. The minimum absolute atomic E-state index is 0.824. The summed E-state index contributed by atoms with van der Waals surface area (Å²) in [4.78, 5) is 2.44. The van der Waals surface area contributed by atoms with Crippen LogP contribution in [0.3, 0.4) is 0 Å². The molecule has 0 atom stereocenters. The van der Waals surface area contributed by atoms with Gasteiger partial charge in [0.25, 0.3) is 0 Å². The lowest BCUT2D eigenvalue weighted by atomic mass is 10.0. The number of hydrogen-bond acceptors (Lipinski definition) is 4. The summed E-state index contributed by atoms with van der Waals surface area (Å²) < 4.78 is 10.8. The highest BCUT2D eigenvalue weighted by Gasteiger charge is 2.23. The van der Waals surface area contributed by atoms with Crippen LogP contribution < -0.4 is 9.47 Å². The third-order valence-electron chi connectivity index (χ3n) is 4.88. The average Bonchev–Trinajstić information content (AvgIpc) is 3.11. The van der Waals surface area contributed by atoms with E-state index in [1.807, 2.05) is 12.1 Å². The minimum atomic E-state index is 0.824. The van der Waals surface area contributed by atoms with Crippen molar-refractivity contribution in [3.63, 3.8) is 0 Å². The number of benzene rings is 2. The number of rotatable bonds is 5. The third-order valence-corrected chi connectivity index (χ3v) is 4.88. The highest BCUT2D eigenvalue weighted by Crippen LogP contribution is 2.30. The van der Waals surface area contributed by atoms with E-state index in [9.17, 15) is 0 Å². The van der Waals surface area contributed by atoms with Gasteiger partial charge in [0.15, 0.2) is 0 Å². The molecule has 1 aliphatic rings. The molecule has 134 valence electrons. The first-order chi connectivity index (χ1) is 12.8. The maximum atomic E-state index is 5.39. The summed E-state index contributed by atoms with van der Waals surface area (Å²) in [7, 11) is 3.37. The van der Waals surface area contributed by atoms with Crippen LogP contribution in [-0.4, -0.2) is 35.9 Å². The molecule has 1 aliphatic heterocycles. The second-order valence-electron chi connectivity index (χ2n) is 6.58. The van der Waals surface area contributed by atoms with E-state index in [0.717, 1.165) is 48.8 Å². The summed E-state index contributed by atoms with van der Waals surface area (Å²) in [5.41, 5.74) is 5.97. The van der Waals surface area contributed by atoms with Gasteiger partial charge >= 0.3 is 0 Å². The summed E-state index contributed by atoms with van der Waals surface area (Å²) in [6.07, 6.45) is 0.982. The van der Waals surface area contributed by atoms with E-state index in [1.165, 1.54) is 16.8 Å². The Morgan fingerprint density at radius 3 is 2.46 bits per heavy atom. The number of H-pyrrole nitrogens is 1. The Bertz CT molecular complexity index is 867. The minimum Gasteiger partial charge on any atom is -0.497 e. The molecule has 2 heterocycles. The smallest absolute Gasteiger partial charge is 0.122 e. The van der Waals surface area contributed by atoms with Crippen LogP contribution in [0, 0.1) is 0 Å². The number of methoxy groups -OCH3 is 2. The summed E-state index contributed by atoms with van der Waals surface area (Å²) in [6.45, 7) is 2.74. The average molecular weight is 349 g/mol. The van der Waals surface area contributed by atoms with Crippen molar-refractivity contribution >= 4 is 0 Å².